The van der Waals surface area contributed by atoms with Gasteiger partial charge >= 0.3 is 0 Å². The number of carbonyl (C=O) groups excluding carboxylic acids is 1. The zero-order valence-electron chi connectivity index (χ0n) is 14.8. The maximum Gasteiger partial charge on any atom is 0.253 e. The highest BCUT2D eigenvalue weighted by Crippen LogP contribution is 2.36. The average Bonchev–Trinajstić information content (AvgIpc) is 3.49. The number of likely N-dealkylation sites (tertiary alicyclic amines) is 1. The normalized spacial score (nSPS) is 20.5. The lowest BCUT2D eigenvalue weighted by atomic mass is 10.0. The van der Waals surface area contributed by atoms with E-state index in [2.05, 4.69) is 5.32 Å². The third-order valence-corrected chi connectivity index (χ3v) is 5.38. The van der Waals surface area contributed by atoms with Crippen LogP contribution in [0.15, 0.2) is 23.8 Å². The molecule has 2 heterocycles. The number of nitrogens with zero attached hydrogens (tertiary/aromatic N) is 1. The summed E-state index contributed by atoms with van der Waals surface area (Å²) in [5.41, 5.74) is 1.64. The van der Waals surface area contributed by atoms with Gasteiger partial charge in [0, 0.05) is 24.7 Å². The molecule has 1 N–H and O–H groups in total. The Morgan fingerprint density at radius 1 is 1.28 bits per heavy atom. The molecule has 2 aliphatic heterocycles. The van der Waals surface area contributed by atoms with Gasteiger partial charge in [-0.1, -0.05) is 12.1 Å². The molecule has 4 rings (SSSR count). The Bertz CT molecular complexity index is 674. The Balaban J connectivity index is 1.37. The second-order valence-corrected chi connectivity index (χ2v) is 7.25. The van der Waals surface area contributed by atoms with Crippen LogP contribution in [0.1, 0.15) is 31.2 Å². The molecule has 1 amide bonds. The first kappa shape index (κ1) is 16.5. The molecular weight excluding hydrogens is 316 g/mol. The van der Waals surface area contributed by atoms with Crippen LogP contribution in [-0.2, 0) is 4.79 Å². The van der Waals surface area contributed by atoms with Crippen molar-refractivity contribution in [2.75, 3.05) is 33.4 Å². The van der Waals surface area contributed by atoms with Gasteiger partial charge in [-0.3, -0.25) is 4.79 Å². The Morgan fingerprint density at radius 3 is 2.80 bits per heavy atom. The third kappa shape index (κ3) is 3.66. The van der Waals surface area contributed by atoms with Crippen molar-refractivity contribution in [3.63, 3.8) is 0 Å². The van der Waals surface area contributed by atoms with E-state index in [1.165, 1.54) is 12.8 Å². The number of nitrogens with one attached hydrogen (secondary N) is 1. The van der Waals surface area contributed by atoms with Gasteiger partial charge < -0.3 is 19.7 Å². The van der Waals surface area contributed by atoms with Gasteiger partial charge in [-0.15, -0.1) is 0 Å². The molecule has 5 heteroatoms. The number of hydrogen-bond acceptors (Lipinski definition) is 4. The van der Waals surface area contributed by atoms with Gasteiger partial charge in [0.2, 0.25) is 0 Å². The van der Waals surface area contributed by atoms with Crippen molar-refractivity contribution in [2.45, 2.75) is 31.7 Å². The molecule has 1 aromatic carbocycles. The molecule has 1 saturated heterocycles. The summed E-state index contributed by atoms with van der Waals surface area (Å²) in [7, 11) is 1.63. The molecule has 0 atom stereocenters. The van der Waals surface area contributed by atoms with E-state index < -0.39 is 0 Å². The highest BCUT2D eigenvalue weighted by atomic mass is 16.5. The fourth-order valence-electron chi connectivity index (χ4n) is 3.61. The molecule has 25 heavy (non-hydrogen) atoms. The zero-order chi connectivity index (χ0) is 17.2. The van der Waals surface area contributed by atoms with Crippen LogP contribution in [-0.4, -0.2) is 50.2 Å². The predicted molar refractivity (Wildman–Crippen MR) is 96.8 cm³/mol. The van der Waals surface area contributed by atoms with Crippen molar-refractivity contribution in [3.05, 3.63) is 29.3 Å². The summed E-state index contributed by atoms with van der Waals surface area (Å²) in [6.07, 6.45) is 6.78. The first-order chi connectivity index (χ1) is 12.2. The van der Waals surface area contributed by atoms with E-state index in [0.29, 0.717) is 18.4 Å². The summed E-state index contributed by atoms with van der Waals surface area (Å²) in [4.78, 5) is 14.8. The molecule has 0 aromatic heterocycles. The Kier molecular flexibility index (Phi) is 4.66. The fourth-order valence-corrected chi connectivity index (χ4v) is 3.61. The minimum Gasteiger partial charge on any atom is -0.493 e. The number of para-hydroxylation sites is 1. The molecule has 0 bridgehead atoms. The second-order valence-electron chi connectivity index (χ2n) is 7.25. The van der Waals surface area contributed by atoms with Crippen LogP contribution >= 0.6 is 0 Å². The van der Waals surface area contributed by atoms with E-state index in [1.54, 1.807) is 7.11 Å². The molecule has 1 saturated carbocycles. The van der Waals surface area contributed by atoms with Crippen molar-refractivity contribution in [1.29, 1.82) is 0 Å². The lowest BCUT2D eigenvalue weighted by Crippen LogP contribution is -2.46. The largest absolute Gasteiger partial charge is 0.493 e. The number of amides is 1. The Morgan fingerprint density at radius 2 is 2.08 bits per heavy atom. The van der Waals surface area contributed by atoms with Gasteiger partial charge in [-0.25, -0.2) is 0 Å². The van der Waals surface area contributed by atoms with Crippen molar-refractivity contribution < 1.29 is 14.3 Å². The average molecular weight is 342 g/mol. The SMILES string of the molecule is COc1cccc2c1OCC(C(=O)N1CCC(NCC3CC3)CC1)=C2. The Hall–Kier alpha value is -2.01. The predicted octanol–water partition coefficient (Wildman–Crippen LogP) is 2.46. The van der Waals surface area contributed by atoms with E-state index in [1.807, 2.05) is 29.2 Å². The molecule has 0 spiro atoms. The molecule has 2 fully saturated rings. The maximum absolute atomic E-state index is 12.8. The van der Waals surface area contributed by atoms with Crippen LogP contribution in [0.25, 0.3) is 6.08 Å². The van der Waals surface area contributed by atoms with Crippen molar-refractivity contribution in [2.24, 2.45) is 5.92 Å². The first-order valence-electron chi connectivity index (χ1n) is 9.27. The van der Waals surface area contributed by atoms with Gasteiger partial charge in [0.25, 0.3) is 5.91 Å². The van der Waals surface area contributed by atoms with Gasteiger partial charge in [-0.05, 0) is 50.3 Å². The number of hydrogen-bond donors (Lipinski definition) is 1. The lowest BCUT2D eigenvalue weighted by Gasteiger charge is -2.33. The fraction of sp³-hybridized carbons (Fsp3) is 0.550. The van der Waals surface area contributed by atoms with Crippen LogP contribution < -0.4 is 14.8 Å². The molecule has 1 aliphatic carbocycles. The van der Waals surface area contributed by atoms with Crippen molar-refractivity contribution in [3.8, 4) is 11.5 Å². The van der Waals surface area contributed by atoms with E-state index in [9.17, 15) is 4.79 Å². The van der Waals surface area contributed by atoms with Gasteiger partial charge in [-0.2, -0.15) is 0 Å². The summed E-state index contributed by atoms with van der Waals surface area (Å²) in [6.45, 7) is 3.11. The van der Waals surface area contributed by atoms with Gasteiger partial charge in [0.05, 0.1) is 12.7 Å². The first-order valence-corrected chi connectivity index (χ1v) is 9.27. The number of carbonyl (C=O) groups is 1. The second kappa shape index (κ2) is 7.08. The quantitative estimate of drug-likeness (QED) is 0.893. The Labute approximate surface area is 149 Å². The minimum absolute atomic E-state index is 0.106. The third-order valence-electron chi connectivity index (χ3n) is 5.38. The van der Waals surface area contributed by atoms with Gasteiger partial charge in [0.15, 0.2) is 11.5 Å². The lowest BCUT2D eigenvalue weighted by molar-refractivity contribution is -0.128. The number of benzene rings is 1. The molecule has 5 nitrogen and oxygen atoms in total. The molecule has 1 aromatic rings. The summed E-state index contributed by atoms with van der Waals surface area (Å²) >= 11 is 0. The van der Waals surface area contributed by atoms with E-state index in [-0.39, 0.29) is 5.91 Å². The number of piperidine rings is 1. The highest BCUT2D eigenvalue weighted by Gasteiger charge is 2.28. The maximum atomic E-state index is 12.8. The van der Waals surface area contributed by atoms with Crippen molar-refractivity contribution >= 4 is 12.0 Å². The van der Waals surface area contributed by atoms with Gasteiger partial charge in [0.1, 0.15) is 6.61 Å². The van der Waals surface area contributed by atoms with Crippen LogP contribution in [0.2, 0.25) is 0 Å². The summed E-state index contributed by atoms with van der Waals surface area (Å²) in [5.74, 6) is 2.45. The monoisotopic (exact) mass is 342 g/mol. The minimum atomic E-state index is 0.106. The van der Waals surface area contributed by atoms with E-state index >= 15 is 0 Å². The number of rotatable bonds is 5. The van der Waals surface area contributed by atoms with Crippen LogP contribution in [0.5, 0.6) is 11.5 Å². The van der Waals surface area contributed by atoms with Crippen LogP contribution in [0.3, 0.4) is 0 Å². The van der Waals surface area contributed by atoms with Crippen LogP contribution in [0, 0.1) is 5.92 Å². The topological polar surface area (TPSA) is 50.8 Å². The van der Waals surface area contributed by atoms with E-state index in [0.717, 1.165) is 55.3 Å². The number of fused-ring (bicyclic) bond motifs is 1. The zero-order valence-corrected chi connectivity index (χ0v) is 14.8. The molecule has 0 unspecified atom stereocenters. The highest BCUT2D eigenvalue weighted by molar-refractivity contribution is 5.99. The molecule has 3 aliphatic rings. The summed E-state index contributed by atoms with van der Waals surface area (Å²) in [6, 6.07) is 6.31. The van der Waals surface area contributed by atoms with Crippen LogP contribution in [0.4, 0.5) is 0 Å². The standard InChI is InChI=1S/C20H26N2O3/c1-24-18-4-2-3-15-11-16(13-25-19(15)18)20(23)22-9-7-17(8-10-22)21-12-14-5-6-14/h2-4,11,14,17,21H,5-10,12-13H2,1H3. The van der Waals surface area contributed by atoms with Crippen molar-refractivity contribution in [1.82, 2.24) is 10.2 Å². The number of ether oxygens (including phenoxy) is 2. The smallest absolute Gasteiger partial charge is 0.253 e. The van der Waals surface area contributed by atoms with E-state index in [4.69, 9.17) is 9.47 Å². The number of methoxy groups -OCH3 is 1. The molecular formula is C20H26N2O3. The molecule has 0 radical (unpaired) electrons. The summed E-state index contributed by atoms with van der Waals surface area (Å²) < 4.78 is 11.1. The molecule has 134 valence electrons. The summed E-state index contributed by atoms with van der Waals surface area (Å²) in [5, 5.41) is 3.66.